The molecule has 1 aliphatic rings. The third-order valence-electron chi connectivity index (χ3n) is 3.50. The highest BCUT2D eigenvalue weighted by Crippen LogP contribution is 2.33. The summed E-state index contributed by atoms with van der Waals surface area (Å²) in [6.45, 7) is 1.86. The van der Waals surface area contributed by atoms with Crippen LogP contribution >= 0.6 is 0 Å². The Balaban J connectivity index is 2.09. The number of nitro benzene ring substituents is 1. The molecule has 0 unspecified atom stereocenters. The Kier molecular flexibility index (Phi) is 5.17. The van der Waals surface area contributed by atoms with Crippen molar-refractivity contribution in [3.63, 3.8) is 0 Å². The summed E-state index contributed by atoms with van der Waals surface area (Å²) in [5.41, 5.74) is -0.472. The number of non-ortho nitro benzene ring substituents is 1. The Labute approximate surface area is 138 Å². The van der Waals surface area contributed by atoms with Gasteiger partial charge in [0, 0.05) is 25.1 Å². The van der Waals surface area contributed by atoms with Crippen molar-refractivity contribution in [1.82, 2.24) is 4.31 Å². The smallest absolute Gasteiger partial charge is 0.305 e. The molecule has 0 saturated heterocycles. The summed E-state index contributed by atoms with van der Waals surface area (Å²) in [7, 11) is -4.10. The van der Waals surface area contributed by atoms with E-state index < -0.39 is 26.5 Å². The molecule has 0 fully saturated rings. The number of hydrogen-bond donors (Lipinski definition) is 0. The van der Waals surface area contributed by atoms with Gasteiger partial charge in [0.15, 0.2) is 0 Å². The molecule has 9 nitrogen and oxygen atoms in total. The topological polar surface area (TPSA) is 124 Å². The molecule has 0 N–H and O–H groups in total. The van der Waals surface area contributed by atoms with E-state index in [1.165, 1.54) is 0 Å². The number of carbonyl (C=O) groups excluding carboxylic acids is 2. The molecule has 0 atom stereocenters. The molecule has 0 saturated carbocycles. The van der Waals surface area contributed by atoms with Gasteiger partial charge in [0.05, 0.1) is 17.1 Å². The number of nitrogens with zero attached hydrogens (tertiary/aromatic N) is 2. The number of unbranched alkanes of at least 4 members (excludes halogenated alkanes) is 1. The number of sulfonamides is 1. The number of amides is 1. The normalized spacial score (nSPS) is 15.2. The van der Waals surface area contributed by atoms with E-state index in [0.29, 0.717) is 17.1 Å². The first kappa shape index (κ1) is 17.9. The van der Waals surface area contributed by atoms with E-state index in [0.717, 1.165) is 18.2 Å². The monoisotopic (exact) mass is 356 g/mol. The van der Waals surface area contributed by atoms with Gasteiger partial charge in [0.2, 0.25) is 0 Å². The maximum Gasteiger partial charge on any atom is 0.305 e. The predicted octanol–water partition coefficient (Wildman–Crippen LogP) is 1.47. The number of esters is 1. The van der Waals surface area contributed by atoms with Crippen molar-refractivity contribution in [2.45, 2.75) is 31.1 Å². The lowest BCUT2D eigenvalue weighted by atomic mass is 10.2. The van der Waals surface area contributed by atoms with Crippen molar-refractivity contribution in [3.05, 3.63) is 33.9 Å². The molecule has 1 aromatic rings. The molecule has 0 radical (unpaired) electrons. The van der Waals surface area contributed by atoms with Gasteiger partial charge in [0.1, 0.15) is 4.90 Å². The van der Waals surface area contributed by atoms with E-state index >= 15 is 0 Å². The molecule has 1 heterocycles. The Bertz CT molecular complexity index is 788. The Morgan fingerprint density at radius 2 is 2.04 bits per heavy atom. The number of hydrogen-bond acceptors (Lipinski definition) is 7. The summed E-state index contributed by atoms with van der Waals surface area (Å²) in [5, 5.41) is 10.8. The minimum Gasteiger partial charge on any atom is -0.466 e. The number of ether oxygens (including phenoxy) is 1. The summed E-state index contributed by atoms with van der Waals surface area (Å²) in [6, 6.07) is 3.13. The lowest BCUT2D eigenvalue weighted by Crippen LogP contribution is -2.31. The third-order valence-corrected chi connectivity index (χ3v) is 5.32. The summed E-state index contributed by atoms with van der Waals surface area (Å²) < 4.78 is 30.2. The molecule has 10 heteroatoms. The van der Waals surface area contributed by atoms with Crippen LogP contribution in [0.3, 0.4) is 0 Å². The average Bonchev–Trinajstić information content (AvgIpc) is 2.71. The second-order valence-corrected chi connectivity index (χ2v) is 6.91. The molecule has 1 aliphatic heterocycles. The average molecular weight is 356 g/mol. The van der Waals surface area contributed by atoms with Gasteiger partial charge >= 0.3 is 5.97 Å². The van der Waals surface area contributed by atoms with Gasteiger partial charge in [0.25, 0.3) is 21.6 Å². The molecule has 1 aromatic carbocycles. The number of rotatable bonds is 7. The largest absolute Gasteiger partial charge is 0.466 e. The van der Waals surface area contributed by atoms with E-state index in [9.17, 15) is 28.1 Å². The van der Waals surface area contributed by atoms with Gasteiger partial charge in [-0.05, 0) is 25.8 Å². The van der Waals surface area contributed by atoms with E-state index in [2.05, 4.69) is 0 Å². The molecule has 24 heavy (non-hydrogen) atoms. The van der Waals surface area contributed by atoms with E-state index in [4.69, 9.17) is 4.74 Å². The number of fused-ring (bicyclic) bond motifs is 1. The predicted molar refractivity (Wildman–Crippen MR) is 81.8 cm³/mol. The Morgan fingerprint density at radius 3 is 2.67 bits per heavy atom. The van der Waals surface area contributed by atoms with Gasteiger partial charge in [-0.2, -0.15) is 0 Å². The molecular weight excluding hydrogens is 340 g/mol. The fourth-order valence-electron chi connectivity index (χ4n) is 2.36. The number of nitro groups is 1. The maximum absolute atomic E-state index is 12.4. The van der Waals surface area contributed by atoms with Gasteiger partial charge < -0.3 is 4.74 Å². The molecule has 1 amide bonds. The van der Waals surface area contributed by atoms with E-state index in [1.807, 2.05) is 0 Å². The molecule has 0 aromatic heterocycles. The van der Waals surface area contributed by atoms with Crippen LogP contribution in [0.5, 0.6) is 0 Å². The second-order valence-electron chi connectivity index (χ2n) is 5.08. The van der Waals surface area contributed by atoms with Gasteiger partial charge in [-0.3, -0.25) is 19.7 Å². The minimum absolute atomic E-state index is 0.0778. The van der Waals surface area contributed by atoms with Crippen LogP contribution in [0.15, 0.2) is 23.1 Å². The molecule has 2 rings (SSSR count). The van der Waals surface area contributed by atoms with Crippen molar-refractivity contribution in [2.75, 3.05) is 13.2 Å². The van der Waals surface area contributed by atoms with Crippen LogP contribution in [0.25, 0.3) is 0 Å². The van der Waals surface area contributed by atoms with Crippen LogP contribution in [0.4, 0.5) is 5.69 Å². The number of carbonyl (C=O) groups is 2. The third kappa shape index (κ3) is 3.37. The van der Waals surface area contributed by atoms with Crippen molar-refractivity contribution in [1.29, 1.82) is 0 Å². The van der Waals surface area contributed by atoms with Crippen LogP contribution in [-0.2, 0) is 19.6 Å². The zero-order chi connectivity index (χ0) is 17.9. The van der Waals surface area contributed by atoms with Crippen molar-refractivity contribution < 1.29 is 27.7 Å². The molecule has 0 bridgehead atoms. The standard InChI is InChI=1S/C14H16N2O7S/c1-2-23-13(17)5-3-4-8-15-14(18)11-7-6-10(16(19)20)9-12(11)24(15,21)22/h6-7,9H,2-5,8H2,1H3. The van der Waals surface area contributed by atoms with Crippen molar-refractivity contribution >= 4 is 27.6 Å². The Morgan fingerprint density at radius 1 is 1.33 bits per heavy atom. The molecule has 0 aliphatic carbocycles. The van der Waals surface area contributed by atoms with Crippen LogP contribution in [-0.4, -0.2) is 42.7 Å². The summed E-state index contributed by atoms with van der Waals surface area (Å²) >= 11 is 0. The summed E-state index contributed by atoms with van der Waals surface area (Å²) in [5.74, 6) is -1.09. The van der Waals surface area contributed by atoms with Crippen LogP contribution in [0.1, 0.15) is 36.5 Å². The highest BCUT2D eigenvalue weighted by molar-refractivity contribution is 7.90. The SMILES string of the molecule is CCOC(=O)CCCCN1C(=O)c2ccc([N+](=O)[O-])cc2S1(=O)=O. The zero-order valence-electron chi connectivity index (χ0n) is 12.9. The molecule has 130 valence electrons. The lowest BCUT2D eigenvalue weighted by Gasteiger charge is -2.14. The molecular formula is C14H16N2O7S. The van der Waals surface area contributed by atoms with Crippen molar-refractivity contribution in [2.24, 2.45) is 0 Å². The maximum atomic E-state index is 12.4. The van der Waals surface area contributed by atoms with Crippen LogP contribution < -0.4 is 0 Å². The highest BCUT2D eigenvalue weighted by Gasteiger charge is 2.41. The summed E-state index contributed by atoms with van der Waals surface area (Å²) in [6.07, 6.45) is 0.794. The first-order valence-electron chi connectivity index (χ1n) is 7.30. The van der Waals surface area contributed by atoms with Crippen LogP contribution in [0.2, 0.25) is 0 Å². The fourth-order valence-corrected chi connectivity index (χ4v) is 3.98. The first-order chi connectivity index (χ1) is 11.3. The summed E-state index contributed by atoms with van der Waals surface area (Å²) in [4.78, 5) is 33.1. The molecule has 0 spiro atoms. The highest BCUT2D eigenvalue weighted by atomic mass is 32.2. The second kappa shape index (κ2) is 6.95. The van der Waals surface area contributed by atoms with E-state index in [-0.39, 0.29) is 36.0 Å². The minimum atomic E-state index is -4.10. The van der Waals surface area contributed by atoms with Gasteiger partial charge in [-0.25, -0.2) is 12.7 Å². The fraction of sp³-hybridized carbons (Fsp3) is 0.429. The van der Waals surface area contributed by atoms with E-state index in [1.54, 1.807) is 6.92 Å². The van der Waals surface area contributed by atoms with Crippen LogP contribution in [0, 0.1) is 10.1 Å². The van der Waals surface area contributed by atoms with Gasteiger partial charge in [-0.15, -0.1) is 0 Å². The number of benzene rings is 1. The zero-order valence-corrected chi connectivity index (χ0v) is 13.7. The lowest BCUT2D eigenvalue weighted by molar-refractivity contribution is -0.385. The van der Waals surface area contributed by atoms with Gasteiger partial charge in [-0.1, -0.05) is 0 Å². The quantitative estimate of drug-likeness (QED) is 0.313. The first-order valence-corrected chi connectivity index (χ1v) is 8.74. The van der Waals surface area contributed by atoms with Crippen molar-refractivity contribution in [3.8, 4) is 0 Å². The Hall–Kier alpha value is -2.49.